The number of rotatable bonds is 6. The molecule has 0 spiro atoms. The Hall–Kier alpha value is -0.930. The molecule has 1 aromatic rings. The molecule has 0 amide bonds. The van der Waals surface area contributed by atoms with Gasteiger partial charge >= 0.3 is 0 Å². The molecule has 0 saturated heterocycles. The quantitative estimate of drug-likeness (QED) is 0.835. The number of hydrogen-bond acceptors (Lipinski definition) is 2. The van der Waals surface area contributed by atoms with Crippen molar-refractivity contribution in [2.24, 2.45) is 5.92 Å². The lowest BCUT2D eigenvalue weighted by Gasteiger charge is -2.25. The zero-order valence-corrected chi connectivity index (χ0v) is 11.5. The molecule has 1 aromatic carbocycles. The van der Waals surface area contributed by atoms with Crippen molar-refractivity contribution < 1.29 is 4.39 Å². The van der Waals surface area contributed by atoms with Crippen LogP contribution in [0.15, 0.2) is 18.2 Å². The maximum Gasteiger partial charge on any atom is 0.127 e. The summed E-state index contributed by atoms with van der Waals surface area (Å²) in [5.41, 5.74) is 1.94. The molecule has 100 valence electrons. The number of benzene rings is 1. The normalized spacial score (nSPS) is 17.2. The molecule has 0 bridgehead atoms. The van der Waals surface area contributed by atoms with Crippen molar-refractivity contribution >= 4 is 0 Å². The summed E-state index contributed by atoms with van der Waals surface area (Å²) >= 11 is 0. The van der Waals surface area contributed by atoms with Gasteiger partial charge in [-0.25, -0.2) is 4.39 Å². The summed E-state index contributed by atoms with van der Waals surface area (Å²) in [4.78, 5) is 2.26. The topological polar surface area (TPSA) is 15.3 Å². The van der Waals surface area contributed by atoms with Crippen molar-refractivity contribution in [2.45, 2.75) is 38.9 Å². The van der Waals surface area contributed by atoms with Crippen LogP contribution in [0, 0.1) is 11.7 Å². The van der Waals surface area contributed by atoms with E-state index in [2.05, 4.69) is 24.2 Å². The van der Waals surface area contributed by atoms with Gasteiger partial charge in [0, 0.05) is 24.7 Å². The van der Waals surface area contributed by atoms with Gasteiger partial charge in [-0.05, 0) is 51.4 Å². The summed E-state index contributed by atoms with van der Waals surface area (Å²) in [7, 11) is 4.00. The average molecular weight is 250 g/mol. The second-order valence-corrected chi connectivity index (χ2v) is 5.45. The zero-order valence-electron chi connectivity index (χ0n) is 11.5. The summed E-state index contributed by atoms with van der Waals surface area (Å²) in [6, 6.07) is 5.96. The molecule has 0 radical (unpaired) electrons. The van der Waals surface area contributed by atoms with E-state index >= 15 is 0 Å². The van der Waals surface area contributed by atoms with Crippen molar-refractivity contribution in [3.63, 3.8) is 0 Å². The highest BCUT2D eigenvalue weighted by molar-refractivity contribution is 5.25. The van der Waals surface area contributed by atoms with E-state index in [1.807, 2.05) is 19.2 Å². The van der Waals surface area contributed by atoms with Gasteiger partial charge in [0.1, 0.15) is 5.82 Å². The van der Waals surface area contributed by atoms with E-state index in [-0.39, 0.29) is 5.82 Å². The molecule has 2 rings (SSSR count). The van der Waals surface area contributed by atoms with Crippen molar-refractivity contribution in [1.29, 1.82) is 0 Å². The Bertz CT molecular complexity index is 401. The highest BCUT2D eigenvalue weighted by Crippen LogP contribution is 2.35. The van der Waals surface area contributed by atoms with E-state index in [0.717, 1.165) is 23.6 Å². The standard InChI is InChI=1S/C15H23FN2/c1-11(13-5-6-13)18(3)10-14-8-12(9-17-2)4-7-15(14)16/h4,7-8,11,13,17H,5-6,9-10H2,1-3H3. The van der Waals surface area contributed by atoms with Crippen molar-refractivity contribution in [2.75, 3.05) is 14.1 Å². The molecule has 1 saturated carbocycles. The first-order valence-corrected chi connectivity index (χ1v) is 6.74. The maximum absolute atomic E-state index is 13.8. The van der Waals surface area contributed by atoms with Crippen LogP contribution in [-0.2, 0) is 13.1 Å². The first-order valence-electron chi connectivity index (χ1n) is 6.74. The summed E-state index contributed by atoms with van der Waals surface area (Å²) < 4.78 is 13.8. The van der Waals surface area contributed by atoms with Gasteiger partial charge in [0.05, 0.1) is 0 Å². The molecule has 3 heteroatoms. The smallest absolute Gasteiger partial charge is 0.127 e. The SMILES string of the molecule is CNCc1ccc(F)c(CN(C)C(C)C2CC2)c1. The fourth-order valence-corrected chi connectivity index (χ4v) is 2.41. The van der Waals surface area contributed by atoms with Gasteiger partial charge in [-0.2, -0.15) is 0 Å². The third-order valence-corrected chi connectivity index (χ3v) is 3.91. The lowest BCUT2D eigenvalue weighted by Crippen LogP contribution is -2.30. The van der Waals surface area contributed by atoms with Crippen LogP contribution >= 0.6 is 0 Å². The summed E-state index contributed by atoms with van der Waals surface area (Å²) in [5, 5.41) is 3.10. The lowest BCUT2D eigenvalue weighted by atomic mass is 10.1. The number of nitrogens with one attached hydrogen (secondary N) is 1. The van der Waals surface area contributed by atoms with Gasteiger partial charge < -0.3 is 5.32 Å². The minimum absolute atomic E-state index is 0.0929. The average Bonchev–Trinajstić information content (AvgIpc) is 3.17. The van der Waals surface area contributed by atoms with Gasteiger partial charge in [0.2, 0.25) is 0 Å². The van der Waals surface area contributed by atoms with Crippen LogP contribution in [0.4, 0.5) is 4.39 Å². The number of halogens is 1. The molecule has 1 aliphatic rings. The molecule has 1 N–H and O–H groups in total. The molecule has 0 aliphatic heterocycles. The van der Waals surface area contributed by atoms with Crippen LogP contribution in [0.1, 0.15) is 30.9 Å². The summed E-state index contributed by atoms with van der Waals surface area (Å²) in [6.45, 7) is 3.73. The molecule has 1 unspecified atom stereocenters. The van der Waals surface area contributed by atoms with Gasteiger partial charge in [-0.15, -0.1) is 0 Å². The van der Waals surface area contributed by atoms with Crippen molar-refractivity contribution in [3.05, 3.63) is 35.1 Å². The Morgan fingerprint density at radius 2 is 2.17 bits per heavy atom. The highest BCUT2D eigenvalue weighted by Gasteiger charge is 2.30. The molecule has 18 heavy (non-hydrogen) atoms. The van der Waals surface area contributed by atoms with Crippen molar-refractivity contribution in [1.82, 2.24) is 10.2 Å². The van der Waals surface area contributed by atoms with Gasteiger partial charge in [-0.1, -0.05) is 12.1 Å². The fraction of sp³-hybridized carbons (Fsp3) is 0.600. The second-order valence-electron chi connectivity index (χ2n) is 5.45. The van der Waals surface area contributed by atoms with Crippen molar-refractivity contribution in [3.8, 4) is 0 Å². The number of hydrogen-bond donors (Lipinski definition) is 1. The van der Waals surface area contributed by atoms with Crippen LogP contribution in [-0.4, -0.2) is 25.0 Å². The third kappa shape index (κ3) is 3.30. The molecule has 1 aliphatic carbocycles. The number of nitrogens with zero attached hydrogens (tertiary/aromatic N) is 1. The minimum Gasteiger partial charge on any atom is -0.316 e. The third-order valence-electron chi connectivity index (χ3n) is 3.91. The van der Waals surface area contributed by atoms with Crippen LogP contribution in [0.25, 0.3) is 0 Å². The largest absolute Gasteiger partial charge is 0.316 e. The van der Waals surface area contributed by atoms with Crippen LogP contribution < -0.4 is 5.32 Å². The maximum atomic E-state index is 13.8. The molecule has 0 heterocycles. The molecule has 1 fully saturated rings. The molecule has 2 nitrogen and oxygen atoms in total. The fourth-order valence-electron chi connectivity index (χ4n) is 2.41. The van der Waals surface area contributed by atoms with Crippen LogP contribution in [0.5, 0.6) is 0 Å². The Morgan fingerprint density at radius 3 is 2.78 bits per heavy atom. The Balaban J connectivity index is 2.04. The van der Waals surface area contributed by atoms with E-state index in [9.17, 15) is 4.39 Å². The highest BCUT2D eigenvalue weighted by atomic mass is 19.1. The molecular weight excluding hydrogens is 227 g/mol. The lowest BCUT2D eigenvalue weighted by molar-refractivity contribution is 0.223. The monoisotopic (exact) mass is 250 g/mol. The van der Waals surface area contributed by atoms with Gasteiger partial charge in [0.15, 0.2) is 0 Å². The molecular formula is C15H23FN2. The first-order chi connectivity index (χ1) is 8.61. The van der Waals surface area contributed by atoms with Crippen LogP contribution in [0.2, 0.25) is 0 Å². The van der Waals surface area contributed by atoms with Gasteiger partial charge in [-0.3, -0.25) is 4.90 Å². The Morgan fingerprint density at radius 1 is 1.44 bits per heavy atom. The van der Waals surface area contributed by atoms with E-state index in [4.69, 9.17) is 0 Å². The molecule has 0 aromatic heterocycles. The Labute approximate surface area is 109 Å². The van der Waals surface area contributed by atoms with E-state index in [0.29, 0.717) is 12.6 Å². The van der Waals surface area contributed by atoms with E-state index in [1.54, 1.807) is 6.07 Å². The molecule has 1 atom stereocenters. The van der Waals surface area contributed by atoms with E-state index in [1.165, 1.54) is 12.8 Å². The summed E-state index contributed by atoms with van der Waals surface area (Å²) in [5.74, 6) is 0.725. The predicted molar refractivity (Wildman–Crippen MR) is 72.8 cm³/mol. The van der Waals surface area contributed by atoms with E-state index < -0.39 is 0 Å². The second kappa shape index (κ2) is 5.81. The summed E-state index contributed by atoms with van der Waals surface area (Å²) in [6.07, 6.45) is 2.65. The van der Waals surface area contributed by atoms with Gasteiger partial charge in [0.25, 0.3) is 0 Å². The predicted octanol–water partition coefficient (Wildman–Crippen LogP) is 2.78. The Kier molecular flexibility index (Phi) is 4.36. The zero-order chi connectivity index (χ0) is 13.1. The van der Waals surface area contributed by atoms with Crippen LogP contribution in [0.3, 0.4) is 0 Å². The first kappa shape index (κ1) is 13.5. The minimum atomic E-state index is -0.0929.